The summed E-state index contributed by atoms with van der Waals surface area (Å²) in [5.41, 5.74) is 8.28. The number of nitrogens with zero attached hydrogens (tertiary/aromatic N) is 1. The fourth-order valence-corrected chi connectivity index (χ4v) is 4.83. The molecule has 0 amide bonds. The second-order valence-corrected chi connectivity index (χ2v) is 9.17. The smallest absolute Gasteiger partial charge is 0.155 e. The van der Waals surface area contributed by atoms with Gasteiger partial charge in [-0.3, -0.25) is 9.89 Å². The van der Waals surface area contributed by atoms with E-state index in [0.717, 1.165) is 22.0 Å². The van der Waals surface area contributed by atoms with Crippen LogP contribution in [-0.2, 0) is 4.79 Å². The molecule has 4 nitrogen and oxygen atoms in total. The highest BCUT2D eigenvalue weighted by molar-refractivity contribution is 6.06. The number of rotatable bonds is 9. The van der Waals surface area contributed by atoms with Crippen molar-refractivity contribution in [3.05, 3.63) is 107 Å². The van der Waals surface area contributed by atoms with Gasteiger partial charge in [0.2, 0.25) is 0 Å². The van der Waals surface area contributed by atoms with Crippen molar-refractivity contribution in [2.75, 3.05) is 6.61 Å². The van der Waals surface area contributed by atoms with Crippen LogP contribution in [0.25, 0.3) is 28.1 Å². The third-order valence-corrected chi connectivity index (χ3v) is 6.86. The predicted octanol–water partition coefficient (Wildman–Crippen LogP) is 6.68. The van der Waals surface area contributed by atoms with Crippen molar-refractivity contribution in [2.45, 2.75) is 32.1 Å². The number of allylic oxidation sites excluding steroid dienone is 2. The van der Waals surface area contributed by atoms with Gasteiger partial charge in [0.05, 0.1) is 11.7 Å². The molecule has 0 aliphatic heterocycles. The largest absolute Gasteiger partial charge is 0.396 e. The molecule has 0 unspecified atom stereocenters. The molecule has 35 heavy (non-hydrogen) atoms. The molecule has 1 heterocycles. The summed E-state index contributed by atoms with van der Waals surface area (Å²) in [4.78, 5) is 12.0. The molecule has 0 atom stereocenters. The monoisotopic (exact) mass is 462 g/mol. The van der Waals surface area contributed by atoms with Gasteiger partial charge in [-0.25, -0.2) is 0 Å². The van der Waals surface area contributed by atoms with Gasteiger partial charge in [-0.1, -0.05) is 79.2 Å². The Hall–Kier alpha value is -3.76. The first kappa shape index (κ1) is 23.0. The summed E-state index contributed by atoms with van der Waals surface area (Å²) in [6.45, 7) is 0.0392. The minimum Gasteiger partial charge on any atom is -0.396 e. The van der Waals surface area contributed by atoms with Gasteiger partial charge in [-0.2, -0.15) is 5.10 Å². The Balaban J connectivity index is 1.62. The Labute approximate surface area is 206 Å². The molecule has 4 heteroatoms. The lowest BCUT2D eigenvalue weighted by Gasteiger charge is -2.31. The molecule has 0 radical (unpaired) electrons. The molecule has 176 valence electrons. The maximum atomic E-state index is 12.0. The molecule has 1 fully saturated rings. The maximum absolute atomic E-state index is 12.0. The number of aliphatic hydroxyl groups is 1. The van der Waals surface area contributed by atoms with E-state index in [2.05, 4.69) is 83.0 Å². The number of ketones is 1. The minimum absolute atomic E-state index is 0.0340. The summed E-state index contributed by atoms with van der Waals surface area (Å²) in [5, 5.41) is 17.5. The molecule has 3 aromatic carbocycles. The lowest BCUT2D eigenvalue weighted by molar-refractivity contribution is -0.114. The number of aliphatic hydroxyl groups excluding tert-OH is 1. The summed E-state index contributed by atoms with van der Waals surface area (Å²) in [5.74, 6) is 0.560. The lowest BCUT2D eigenvalue weighted by atomic mass is 9.73. The molecule has 5 rings (SSSR count). The van der Waals surface area contributed by atoms with Gasteiger partial charge in [-0.15, -0.1) is 0 Å². The lowest BCUT2D eigenvalue weighted by Crippen LogP contribution is -2.15. The number of nitrogens with one attached hydrogen (secondary N) is 1. The zero-order chi connectivity index (χ0) is 24.0. The van der Waals surface area contributed by atoms with Crippen LogP contribution in [0.15, 0.2) is 85.1 Å². The van der Waals surface area contributed by atoms with E-state index in [1.54, 1.807) is 6.08 Å². The van der Waals surface area contributed by atoms with Gasteiger partial charge in [0, 0.05) is 18.4 Å². The van der Waals surface area contributed by atoms with E-state index in [4.69, 9.17) is 5.11 Å². The number of H-pyrrole nitrogens is 1. The molecular formula is C31H30N2O2. The number of hydrogen-bond donors (Lipinski definition) is 2. The number of fused-ring (bicyclic) bond motifs is 1. The van der Waals surface area contributed by atoms with E-state index in [1.165, 1.54) is 41.5 Å². The predicted molar refractivity (Wildman–Crippen MR) is 143 cm³/mol. The molecule has 1 saturated carbocycles. The third kappa shape index (κ3) is 5.03. The zero-order valence-electron chi connectivity index (χ0n) is 19.8. The Kier molecular flexibility index (Phi) is 7.01. The first-order valence-corrected chi connectivity index (χ1v) is 12.4. The average molecular weight is 463 g/mol. The number of aromatic nitrogens is 2. The molecule has 2 N–H and O–H groups in total. The van der Waals surface area contributed by atoms with Crippen molar-refractivity contribution < 1.29 is 9.90 Å². The van der Waals surface area contributed by atoms with Crippen LogP contribution >= 0.6 is 0 Å². The quantitative estimate of drug-likeness (QED) is 0.215. The van der Waals surface area contributed by atoms with Crippen molar-refractivity contribution >= 4 is 33.9 Å². The zero-order valence-corrected chi connectivity index (χ0v) is 19.8. The highest BCUT2D eigenvalue weighted by atomic mass is 16.3. The average Bonchev–Trinajstić information content (AvgIpc) is 3.36. The van der Waals surface area contributed by atoms with Crippen LogP contribution in [0.3, 0.4) is 0 Å². The van der Waals surface area contributed by atoms with E-state index in [1.807, 2.05) is 12.3 Å². The fraction of sp³-hybridized carbons (Fsp3) is 0.226. The molecule has 0 spiro atoms. The number of benzene rings is 3. The van der Waals surface area contributed by atoms with E-state index in [0.29, 0.717) is 18.8 Å². The molecular weight excluding hydrogens is 432 g/mol. The summed E-state index contributed by atoms with van der Waals surface area (Å²) >= 11 is 0. The van der Waals surface area contributed by atoms with Crippen LogP contribution in [0.4, 0.5) is 0 Å². The first-order valence-electron chi connectivity index (χ1n) is 12.4. The number of carbonyl (C=O) groups excluding carboxylic acids is 1. The summed E-state index contributed by atoms with van der Waals surface area (Å²) in [7, 11) is 0. The van der Waals surface area contributed by atoms with E-state index in [9.17, 15) is 4.79 Å². The number of hydrogen-bond acceptors (Lipinski definition) is 3. The summed E-state index contributed by atoms with van der Waals surface area (Å²) < 4.78 is 0. The van der Waals surface area contributed by atoms with Gasteiger partial charge >= 0.3 is 0 Å². The standard InChI is InChI=1S/C31H30N2O2/c34-20-6-11-26(35)19-16-22-14-17-25(18-15-22)31(27-12-5-13-29-28(27)21-32-33-29)30(24-9-4-10-24)23-7-2-1-3-8-23/h1-3,5,7-8,12-19,21,24,34H,4,6,9-11,20H2,(H,32,33)/b19-16+,31-30-. The fourth-order valence-electron chi connectivity index (χ4n) is 4.83. The molecule has 0 bridgehead atoms. The Morgan fingerprint density at radius 1 is 0.971 bits per heavy atom. The highest BCUT2D eigenvalue weighted by Gasteiger charge is 2.27. The van der Waals surface area contributed by atoms with Gasteiger partial charge in [-0.05, 0) is 70.7 Å². The third-order valence-electron chi connectivity index (χ3n) is 6.86. The Morgan fingerprint density at radius 2 is 1.77 bits per heavy atom. The number of aromatic amines is 1. The molecule has 1 aromatic heterocycles. The first-order chi connectivity index (χ1) is 17.2. The summed E-state index contributed by atoms with van der Waals surface area (Å²) in [6.07, 6.45) is 9.91. The van der Waals surface area contributed by atoms with Gasteiger partial charge < -0.3 is 5.11 Å². The van der Waals surface area contributed by atoms with Crippen LogP contribution in [0.5, 0.6) is 0 Å². The van der Waals surface area contributed by atoms with E-state index < -0.39 is 0 Å². The second kappa shape index (κ2) is 10.7. The molecule has 4 aromatic rings. The van der Waals surface area contributed by atoms with Crippen LogP contribution in [0.1, 0.15) is 54.4 Å². The number of carbonyl (C=O) groups is 1. The van der Waals surface area contributed by atoms with Crippen molar-refractivity contribution in [2.24, 2.45) is 5.92 Å². The second-order valence-electron chi connectivity index (χ2n) is 9.17. The molecule has 0 saturated heterocycles. The van der Waals surface area contributed by atoms with Gasteiger partial charge in [0.25, 0.3) is 0 Å². The highest BCUT2D eigenvalue weighted by Crippen LogP contribution is 2.46. The van der Waals surface area contributed by atoms with Crippen molar-refractivity contribution in [3.63, 3.8) is 0 Å². The van der Waals surface area contributed by atoms with Crippen molar-refractivity contribution in [1.82, 2.24) is 10.2 Å². The molecule has 1 aliphatic carbocycles. The summed E-state index contributed by atoms with van der Waals surface area (Å²) in [6, 6.07) is 25.6. The van der Waals surface area contributed by atoms with E-state index in [-0.39, 0.29) is 12.4 Å². The van der Waals surface area contributed by atoms with Crippen LogP contribution in [-0.4, -0.2) is 27.7 Å². The van der Waals surface area contributed by atoms with E-state index >= 15 is 0 Å². The normalized spacial score (nSPS) is 14.8. The van der Waals surface area contributed by atoms with Crippen LogP contribution < -0.4 is 0 Å². The van der Waals surface area contributed by atoms with Crippen LogP contribution in [0, 0.1) is 5.92 Å². The van der Waals surface area contributed by atoms with Crippen molar-refractivity contribution in [1.29, 1.82) is 0 Å². The Bertz CT molecular complexity index is 1360. The minimum atomic E-state index is 0.0340. The van der Waals surface area contributed by atoms with Gasteiger partial charge in [0.15, 0.2) is 5.78 Å². The van der Waals surface area contributed by atoms with Crippen LogP contribution in [0.2, 0.25) is 0 Å². The maximum Gasteiger partial charge on any atom is 0.155 e. The van der Waals surface area contributed by atoms with Crippen molar-refractivity contribution in [3.8, 4) is 0 Å². The molecule has 1 aliphatic rings. The SMILES string of the molecule is O=C(/C=C/c1ccc(/C(=C(\c2ccccc2)C2CCC2)c2cccc3[nH]ncc23)cc1)CCCO. The van der Waals surface area contributed by atoms with Gasteiger partial charge in [0.1, 0.15) is 0 Å². The Morgan fingerprint density at radius 3 is 2.49 bits per heavy atom. The topological polar surface area (TPSA) is 66.0 Å².